The summed E-state index contributed by atoms with van der Waals surface area (Å²) in [5.74, 6) is -1.11. The standard InChI is InChI=1S/C13H19NO4S/c1-3-10-5-6-11(19-10)13(17)14-8-9(18-4-2)7-12(15)16/h5-6,9H,3-4,7-8H2,1-2H3,(H,14,17)(H,15,16). The molecule has 0 saturated carbocycles. The van der Waals surface area contributed by atoms with Crippen LogP contribution in [0.15, 0.2) is 12.1 Å². The molecule has 0 spiro atoms. The van der Waals surface area contributed by atoms with Crippen LogP contribution in [0.3, 0.4) is 0 Å². The molecular weight excluding hydrogens is 266 g/mol. The van der Waals surface area contributed by atoms with Gasteiger partial charge in [-0.15, -0.1) is 11.3 Å². The number of carboxylic acid groups (broad SMARTS) is 1. The van der Waals surface area contributed by atoms with Gasteiger partial charge in [0.1, 0.15) is 0 Å². The monoisotopic (exact) mass is 285 g/mol. The van der Waals surface area contributed by atoms with Crippen molar-refractivity contribution in [1.82, 2.24) is 5.32 Å². The minimum Gasteiger partial charge on any atom is -0.481 e. The summed E-state index contributed by atoms with van der Waals surface area (Å²) in [5.41, 5.74) is 0. The number of nitrogens with one attached hydrogen (secondary N) is 1. The van der Waals surface area contributed by atoms with E-state index in [2.05, 4.69) is 5.32 Å². The normalized spacial score (nSPS) is 12.1. The molecule has 1 aromatic rings. The molecule has 0 saturated heterocycles. The van der Waals surface area contributed by atoms with Gasteiger partial charge in [-0.1, -0.05) is 6.92 Å². The molecule has 1 rings (SSSR count). The molecule has 1 aromatic heterocycles. The summed E-state index contributed by atoms with van der Waals surface area (Å²) in [6.07, 6.45) is 0.300. The first-order chi connectivity index (χ1) is 9.06. The van der Waals surface area contributed by atoms with Crippen molar-refractivity contribution < 1.29 is 19.4 Å². The van der Waals surface area contributed by atoms with Gasteiger partial charge in [-0.3, -0.25) is 9.59 Å². The third kappa shape index (κ3) is 5.40. The maximum atomic E-state index is 11.9. The number of carbonyl (C=O) groups is 2. The van der Waals surface area contributed by atoms with Gasteiger partial charge in [-0.2, -0.15) is 0 Å². The second kappa shape index (κ2) is 7.91. The lowest BCUT2D eigenvalue weighted by molar-refractivity contribution is -0.140. The van der Waals surface area contributed by atoms with E-state index >= 15 is 0 Å². The molecule has 2 N–H and O–H groups in total. The summed E-state index contributed by atoms with van der Waals surface area (Å²) < 4.78 is 5.27. The van der Waals surface area contributed by atoms with E-state index in [4.69, 9.17) is 9.84 Å². The molecule has 1 atom stereocenters. The van der Waals surface area contributed by atoms with Crippen molar-refractivity contribution in [2.75, 3.05) is 13.2 Å². The predicted molar refractivity (Wildman–Crippen MR) is 73.7 cm³/mol. The zero-order chi connectivity index (χ0) is 14.3. The van der Waals surface area contributed by atoms with Gasteiger partial charge < -0.3 is 15.2 Å². The average Bonchev–Trinajstić information content (AvgIpc) is 2.84. The van der Waals surface area contributed by atoms with E-state index in [1.165, 1.54) is 11.3 Å². The predicted octanol–water partition coefficient (Wildman–Crippen LogP) is 1.92. The van der Waals surface area contributed by atoms with E-state index in [1.807, 2.05) is 13.0 Å². The van der Waals surface area contributed by atoms with Crippen LogP contribution in [0.4, 0.5) is 0 Å². The summed E-state index contributed by atoms with van der Waals surface area (Å²) in [4.78, 5) is 24.3. The number of thiophene rings is 1. The first kappa shape index (κ1) is 15.7. The highest BCUT2D eigenvalue weighted by molar-refractivity contribution is 7.14. The Hall–Kier alpha value is -1.40. The Morgan fingerprint density at radius 2 is 2.16 bits per heavy atom. The zero-order valence-electron chi connectivity index (χ0n) is 11.1. The van der Waals surface area contributed by atoms with E-state index in [0.29, 0.717) is 11.5 Å². The summed E-state index contributed by atoms with van der Waals surface area (Å²) >= 11 is 1.45. The van der Waals surface area contributed by atoms with Gasteiger partial charge in [-0.05, 0) is 25.5 Å². The molecule has 106 valence electrons. The molecule has 0 aliphatic rings. The van der Waals surface area contributed by atoms with Crippen molar-refractivity contribution in [2.24, 2.45) is 0 Å². The third-order valence-corrected chi connectivity index (χ3v) is 3.76. The molecular formula is C13H19NO4S. The Balaban J connectivity index is 2.48. The number of aryl methyl sites for hydroxylation is 1. The molecule has 19 heavy (non-hydrogen) atoms. The lowest BCUT2D eigenvalue weighted by Crippen LogP contribution is -2.34. The summed E-state index contributed by atoms with van der Waals surface area (Å²) in [6.45, 7) is 4.46. The van der Waals surface area contributed by atoms with Gasteiger partial charge in [-0.25, -0.2) is 0 Å². The van der Waals surface area contributed by atoms with Crippen molar-refractivity contribution in [2.45, 2.75) is 32.8 Å². The molecule has 1 unspecified atom stereocenters. The minimum absolute atomic E-state index is 0.112. The highest BCUT2D eigenvalue weighted by Crippen LogP contribution is 2.16. The van der Waals surface area contributed by atoms with E-state index in [-0.39, 0.29) is 18.9 Å². The van der Waals surface area contributed by atoms with Crippen molar-refractivity contribution in [3.8, 4) is 0 Å². The molecule has 0 fully saturated rings. The lowest BCUT2D eigenvalue weighted by Gasteiger charge is -2.15. The van der Waals surface area contributed by atoms with Crippen LogP contribution < -0.4 is 5.32 Å². The highest BCUT2D eigenvalue weighted by atomic mass is 32.1. The number of aliphatic carboxylic acids is 1. The Morgan fingerprint density at radius 1 is 1.42 bits per heavy atom. The van der Waals surface area contributed by atoms with Crippen LogP contribution in [-0.4, -0.2) is 36.2 Å². The van der Waals surface area contributed by atoms with Gasteiger partial charge in [0.2, 0.25) is 0 Å². The van der Waals surface area contributed by atoms with Crippen LogP contribution in [0.2, 0.25) is 0 Å². The van der Waals surface area contributed by atoms with Crippen LogP contribution in [0.25, 0.3) is 0 Å². The Labute approximate surface area is 116 Å². The topological polar surface area (TPSA) is 75.6 Å². The van der Waals surface area contributed by atoms with Crippen molar-refractivity contribution in [3.05, 3.63) is 21.9 Å². The Morgan fingerprint density at radius 3 is 2.68 bits per heavy atom. The van der Waals surface area contributed by atoms with E-state index in [1.54, 1.807) is 13.0 Å². The number of carbonyl (C=O) groups excluding carboxylic acids is 1. The largest absolute Gasteiger partial charge is 0.481 e. The third-order valence-electron chi connectivity index (χ3n) is 2.53. The number of carboxylic acids is 1. The van der Waals surface area contributed by atoms with E-state index in [9.17, 15) is 9.59 Å². The second-order valence-electron chi connectivity index (χ2n) is 4.00. The van der Waals surface area contributed by atoms with Crippen LogP contribution in [-0.2, 0) is 16.0 Å². The van der Waals surface area contributed by atoms with Gasteiger partial charge in [0.05, 0.1) is 17.4 Å². The zero-order valence-corrected chi connectivity index (χ0v) is 12.0. The molecule has 6 heteroatoms. The molecule has 0 bridgehead atoms. The number of hydrogen-bond donors (Lipinski definition) is 2. The van der Waals surface area contributed by atoms with Gasteiger partial charge in [0.15, 0.2) is 0 Å². The Kier molecular flexibility index (Phi) is 6.52. The van der Waals surface area contributed by atoms with E-state index in [0.717, 1.165) is 11.3 Å². The van der Waals surface area contributed by atoms with Gasteiger partial charge in [0.25, 0.3) is 5.91 Å². The smallest absolute Gasteiger partial charge is 0.306 e. The molecule has 0 radical (unpaired) electrons. The maximum absolute atomic E-state index is 11.9. The van der Waals surface area contributed by atoms with Gasteiger partial charge in [0, 0.05) is 18.0 Å². The number of ether oxygens (including phenoxy) is 1. The molecule has 0 aliphatic carbocycles. The summed E-state index contributed by atoms with van der Waals surface area (Å²) in [7, 11) is 0. The summed E-state index contributed by atoms with van der Waals surface area (Å²) in [5, 5.41) is 11.4. The van der Waals surface area contributed by atoms with Gasteiger partial charge >= 0.3 is 5.97 Å². The van der Waals surface area contributed by atoms with Crippen LogP contribution in [0.5, 0.6) is 0 Å². The fourth-order valence-electron chi connectivity index (χ4n) is 1.60. The van der Waals surface area contributed by atoms with Crippen LogP contribution in [0, 0.1) is 0 Å². The lowest BCUT2D eigenvalue weighted by atomic mass is 10.2. The van der Waals surface area contributed by atoms with Crippen LogP contribution >= 0.6 is 11.3 Å². The van der Waals surface area contributed by atoms with E-state index < -0.39 is 12.1 Å². The van der Waals surface area contributed by atoms with Crippen molar-refractivity contribution in [3.63, 3.8) is 0 Å². The number of rotatable bonds is 8. The Bertz CT molecular complexity index is 430. The fourth-order valence-corrected chi connectivity index (χ4v) is 2.47. The van der Waals surface area contributed by atoms with Crippen molar-refractivity contribution >= 4 is 23.2 Å². The molecule has 0 aromatic carbocycles. The average molecular weight is 285 g/mol. The molecule has 5 nitrogen and oxygen atoms in total. The second-order valence-corrected chi connectivity index (χ2v) is 5.17. The molecule has 0 aliphatic heterocycles. The quantitative estimate of drug-likeness (QED) is 0.765. The molecule has 1 amide bonds. The number of hydrogen-bond acceptors (Lipinski definition) is 4. The first-order valence-corrected chi connectivity index (χ1v) is 7.08. The number of amides is 1. The fraction of sp³-hybridized carbons (Fsp3) is 0.538. The highest BCUT2D eigenvalue weighted by Gasteiger charge is 2.15. The first-order valence-electron chi connectivity index (χ1n) is 6.27. The molecule has 1 heterocycles. The maximum Gasteiger partial charge on any atom is 0.306 e. The van der Waals surface area contributed by atoms with Crippen molar-refractivity contribution in [1.29, 1.82) is 0 Å². The summed E-state index contributed by atoms with van der Waals surface area (Å²) in [6, 6.07) is 3.71. The SMILES string of the molecule is CCOC(CNC(=O)c1ccc(CC)s1)CC(=O)O. The van der Waals surface area contributed by atoms with Crippen LogP contribution in [0.1, 0.15) is 34.8 Å². The minimum atomic E-state index is -0.933.